The molecular formula is C13H16Cl3IN2O. The van der Waals surface area contributed by atoms with Gasteiger partial charge in [0, 0.05) is 15.7 Å². The molecule has 0 saturated carbocycles. The topological polar surface area (TPSA) is 41.1 Å². The Balaban J connectivity index is 2.78. The number of benzene rings is 1. The summed E-state index contributed by atoms with van der Waals surface area (Å²) in [6.45, 7) is 3.91. The third-order valence-corrected chi connectivity index (χ3v) is 3.69. The number of alkyl halides is 3. The summed E-state index contributed by atoms with van der Waals surface area (Å²) in [6, 6.07) is 7.58. The van der Waals surface area contributed by atoms with Gasteiger partial charge in [0.25, 0.3) is 0 Å². The Bertz CT molecular complexity index is 463. The van der Waals surface area contributed by atoms with E-state index in [0.29, 0.717) is 6.42 Å². The molecule has 1 rings (SSSR count). The summed E-state index contributed by atoms with van der Waals surface area (Å²) in [5, 5.41) is 5.74. The molecule has 0 heterocycles. The summed E-state index contributed by atoms with van der Waals surface area (Å²) in [7, 11) is 0. The van der Waals surface area contributed by atoms with E-state index in [1.165, 1.54) is 0 Å². The molecule has 1 aromatic rings. The van der Waals surface area contributed by atoms with Crippen molar-refractivity contribution in [2.24, 2.45) is 5.92 Å². The molecule has 1 aromatic carbocycles. The van der Waals surface area contributed by atoms with E-state index in [1.54, 1.807) is 0 Å². The van der Waals surface area contributed by atoms with Gasteiger partial charge in [-0.1, -0.05) is 54.7 Å². The summed E-state index contributed by atoms with van der Waals surface area (Å²) in [6.07, 6.45) is -0.414. The Morgan fingerprint density at radius 1 is 1.35 bits per heavy atom. The van der Waals surface area contributed by atoms with Crippen LogP contribution in [-0.4, -0.2) is 15.9 Å². The molecule has 0 spiro atoms. The van der Waals surface area contributed by atoms with Gasteiger partial charge < -0.3 is 10.6 Å². The van der Waals surface area contributed by atoms with Gasteiger partial charge in [0.1, 0.15) is 6.17 Å². The quantitative estimate of drug-likeness (QED) is 0.393. The summed E-state index contributed by atoms with van der Waals surface area (Å²) >= 11 is 20.0. The van der Waals surface area contributed by atoms with Gasteiger partial charge in [-0.15, -0.1) is 0 Å². The van der Waals surface area contributed by atoms with Crippen LogP contribution < -0.4 is 10.6 Å². The third-order valence-electron chi connectivity index (χ3n) is 2.36. The lowest BCUT2D eigenvalue weighted by Gasteiger charge is -2.27. The highest BCUT2D eigenvalue weighted by atomic mass is 127. The van der Waals surface area contributed by atoms with Gasteiger partial charge in [-0.3, -0.25) is 4.79 Å². The highest BCUT2D eigenvalue weighted by molar-refractivity contribution is 14.1. The van der Waals surface area contributed by atoms with Gasteiger partial charge in [0.05, 0.1) is 0 Å². The van der Waals surface area contributed by atoms with Gasteiger partial charge in [0.2, 0.25) is 9.70 Å². The minimum atomic E-state index is -1.64. The van der Waals surface area contributed by atoms with Crippen LogP contribution in [-0.2, 0) is 4.79 Å². The number of hydrogen-bond donors (Lipinski definition) is 2. The third kappa shape index (κ3) is 6.70. The van der Waals surface area contributed by atoms with Crippen molar-refractivity contribution in [2.75, 3.05) is 5.32 Å². The minimum Gasteiger partial charge on any atom is -0.362 e. The Kier molecular flexibility index (Phi) is 7.18. The first kappa shape index (κ1) is 18.1. The van der Waals surface area contributed by atoms with E-state index in [2.05, 4.69) is 33.2 Å². The van der Waals surface area contributed by atoms with Crippen molar-refractivity contribution in [2.45, 2.75) is 30.2 Å². The molecule has 7 heteroatoms. The second-order valence-corrected chi connectivity index (χ2v) is 8.41. The van der Waals surface area contributed by atoms with Crippen LogP contribution in [0.25, 0.3) is 0 Å². The number of halogens is 4. The van der Waals surface area contributed by atoms with Gasteiger partial charge in [0.15, 0.2) is 0 Å². The summed E-state index contributed by atoms with van der Waals surface area (Å²) in [4.78, 5) is 11.8. The first-order valence-corrected chi connectivity index (χ1v) is 8.28. The van der Waals surface area contributed by atoms with Crippen molar-refractivity contribution in [1.29, 1.82) is 0 Å². The predicted octanol–water partition coefficient (Wildman–Crippen LogP) is 4.56. The molecule has 0 aliphatic heterocycles. The first-order valence-electron chi connectivity index (χ1n) is 6.06. The molecule has 0 aliphatic carbocycles. The molecule has 0 radical (unpaired) electrons. The average Bonchev–Trinajstić information content (AvgIpc) is 2.25. The lowest BCUT2D eigenvalue weighted by molar-refractivity contribution is -0.122. The zero-order chi connectivity index (χ0) is 15.3. The van der Waals surface area contributed by atoms with Crippen molar-refractivity contribution >= 4 is 69.0 Å². The number of anilines is 1. The van der Waals surface area contributed by atoms with E-state index in [-0.39, 0.29) is 11.8 Å². The van der Waals surface area contributed by atoms with Crippen LogP contribution in [0.4, 0.5) is 5.69 Å². The van der Waals surface area contributed by atoms with E-state index in [1.807, 2.05) is 38.1 Å². The monoisotopic (exact) mass is 448 g/mol. The Morgan fingerprint density at radius 3 is 2.50 bits per heavy atom. The van der Waals surface area contributed by atoms with Crippen LogP contribution in [0, 0.1) is 9.49 Å². The smallest absolute Gasteiger partial charge is 0.228 e. The lowest BCUT2D eigenvalue weighted by Crippen LogP contribution is -2.49. The van der Waals surface area contributed by atoms with Crippen LogP contribution in [0.5, 0.6) is 0 Å². The largest absolute Gasteiger partial charge is 0.362 e. The van der Waals surface area contributed by atoms with E-state index in [4.69, 9.17) is 34.8 Å². The average molecular weight is 450 g/mol. The predicted molar refractivity (Wildman–Crippen MR) is 94.5 cm³/mol. The number of rotatable bonds is 5. The maximum absolute atomic E-state index is 11.8. The number of amides is 1. The molecule has 20 heavy (non-hydrogen) atoms. The normalized spacial score (nSPS) is 13.2. The SMILES string of the molecule is CC(C)CC(=O)N[C@@H](Nc1cccc(I)c1)C(Cl)(Cl)Cl. The van der Waals surface area contributed by atoms with E-state index in [9.17, 15) is 4.79 Å². The molecule has 0 fully saturated rings. The van der Waals surface area contributed by atoms with Gasteiger partial charge in [-0.2, -0.15) is 0 Å². The van der Waals surface area contributed by atoms with E-state index in [0.717, 1.165) is 9.26 Å². The van der Waals surface area contributed by atoms with Gasteiger partial charge in [-0.05, 0) is 46.7 Å². The number of carbonyl (C=O) groups is 1. The van der Waals surface area contributed by atoms with Crippen molar-refractivity contribution in [1.82, 2.24) is 5.32 Å². The molecule has 112 valence electrons. The fraction of sp³-hybridized carbons (Fsp3) is 0.462. The molecule has 3 nitrogen and oxygen atoms in total. The zero-order valence-corrected chi connectivity index (χ0v) is 15.5. The van der Waals surface area contributed by atoms with Crippen LogP contribution >= 0.6 is 57.4 Å². The standard InChI is InChI=1S/C13H16Cl3IN2O/c1-8(2)6-11(20)19-12(13(14,15)16)18-10-5-3-4-9(17)7-10/h3-5,7-8,12,18H,6H2,1-2H3,(H,19,20)/t12-/m1/s1. The van der Waals surface area contributed by atoms with Gasteiger partial charge in [-0.25, -0.2) is 0 Å². The summed E-state index contributed by atoms with van der Waals surface area (Å²) < 4.78 is -0.599. The molecule has 0 aromatic heterocycles. The fourth-order valence-electron chi connectivity index (χ4n) is 1.54. The molecule has 0 aliphatic rings. The molecule has 0 saturated heterocycles. The lowest BCUT2D eigenvalue weighted by atomic mass is 10.1. The Morgan fingerprint density at radius 2 is 2.00 bits per heavy atom. The Labute approximate surface area is 147 Å². The summed E-state index contributed by atoms with van der Waals surface area (Å²) in [5.74, 6) is 0.0816. The zero-order valence-electron chi connectivity index (χ0n) is 11.1. The van der Waals surface area contributed by atoms with Crippen LogP contribution in [0.1, 0.15) is 20.3 Å². The minimum absolute atomic E-state index is 0.158. The van der Waals surface area contributed by atoms with Crippen molar-refractivity contribution in [3.8, 4) is 0 Å². The van der Waals surface area contributed by atoms with Gasteiger partial charge >= 0.3 is 0 Å². The molecule has 0 unspecified atom stereocenters. The van der Waals surface area contributed by atoms with E-state index < -0.39 is 9.96 Å². The van der Waals surface area contributed by atoms with Crippen molar-refractivity contribution in [3.63, 3.8) is 0 Å². The highest BCUT2D eigenvalue weighted by Gasteiger charge is 2.34. The fourth-order valence-corrected chi connectivity index (χ4v) is 2.41. The molecule has 1 amide bonds. The van der Waals surface area contributed by atoms with Crippen LogP contribution in [0.2, 0.25) is 0 Å². The molecule has 1 atom stereocenters. The molecular weight excluding hydrogens is 433 g/mol. The van der Waals surface area contributed by atoms with Crippen molar-refractivity contribution < 1.29 is 4.79 Å². The molecule has 0 bridgehead atoms. The highest BCUT2D eigenvalue weighted by Crippen LogP contribution is 2.31. The second-order valence-electron chi connectivity index (χ2n) is 4.79. The van der Waals surface area contributed by atoms with Crippen LogP contribution in [0.3, 0.4) is 0 Å². The van der Waals surface area contributed by atoms with Crippen molar-refractivity contribution in [3.05, 3.63) is 27.8 Å². The number of carbonyl (C=O) groups excluding carboxylic acids is 1. The number of nitrogens with one attached hydrogen (secondary N) is 2. The maximum atomic E-state index is 11.8. The van der Waals surface area contributed by atoms with E-state index >= 15 is 0 Å². The molecule has 2 N–H and O–H groups in total. The van der Waals surface area contributed by atoms with Crippen LogP contribution in [0.15, 0.2) is 24.3 Å². The number of hydrogen-bond acceptors (Lipinski definition) is 2. The summed E-state index contributed by atoms with van der Waals surface area (Å²) in [5.41, 5.74) is 0.776. The maximum Gasteiger partial charge on any atom is 0.228 e. The Hall–Kier alpha value is 0.0900. The second kappa shape index (κ2) is 7.92. The first-order chi connectivity index (χ1) is 9.18.